The Hall–Kier alpha value is -3.39. The predicted molar refractivity (Wildman–Crippen MR) is 125 cm³/mol. The number of fused-ring (bicyclic) bond motifs is 3. The number of nitrogens with one attached hydrogen (secondary N) is 1. The maximum Gasteiger partial charge on any atom is 0.407 e. The first kappa shape index (κ1) is 23.8. The lowest BCUT2D eigenvalue weighted by atomic mass is 9.98. The number of alkyl carbamates (subject to hydrolysis) is 1. The Morgan fingerprint density at radius 3 is 2.35 bits per heavy atom. The number of carboxylic acids is 1. The van der Waals surface area contributed by atoms with Crippen molar-refractivity contribution in [2.75, 3.05) is 32.8 Å². The lowest BCUT2D eigenvalue weighted by Gasteiger charge is -2.26. The summed E-state index contributed by atoms with van der Waals surface area (Å²) in [5.41, 5.74) is 4.60. The molecule has 180 valence electrons. The molecule has 0 radical (unpaired) electrons. The molecule has 0 saturated carbocycles. The first-order chi connectivity index (χ1) is 16.5. The van der Waals surface area contributed by atoms with Crippen LogP contribution in [0, 0.1) is 5.92 Å². The average Bonchev–Trinajstić information content (AvgIpc) is 3.43. The lowest BCUT2D eigenvalue weighted by molar-refractivity contribution is -0.150. The largest absolute Gasteiger partial charge is 0.480 e. The average molecular weight is 467 g/mol. The van der Waals surface area contributed by atoms with Crippen LogP contribution in [0.5, 0.6) is 0 Å². The van der Waals surface area contributed by atoms with Gasteiger partial charge in [-0.05, 0) is 35.1 Å². The van der Waals surface area contributed by atoms with Crippen LogP contribution in [0.25, 0.3) is 11.1 Å². The number of carbonyl (C=O) groups is 3. The fourth-order valence-electron chi connectivity index (χ4n) is 4.86. The topological polar surface area (TPSA) is 105 Å². The highest BCUT2D eigenvalue weighted by Gasteiger charge is 2.37. The maximum atomic E-state index is 12.9. The first-order valence-corrected chi connectivity index (χ1v) is 11.7. The monoisotopic (exact) mass is 466 g/mol. The zero-order valence-corrected chi connectivity index (χ0v) is 19.2. The fourth-order valence-corrected chi connectivity index (χ4v) is 4.86. The zero-order chi connectivity index (χ0) is 24.1. The molecule has 2 amide bonds. The molecular weight excluding hydrogens is 436 g/mol. The van der Waals surface area contributed by atoms with Gasteiger partial charge in [0, 0.05) is 31.5 Å². The highest BCUT2D eigenvalue weighted by molar-refractivity contribution is 5.85. The van der Waals surface area contributed by atoms with Crippen LogP contribution < -0.4 is 5.32 Å². The molecule has 1 aliphatic carbocycles. The van der Waals surface area contributed by atoms with Gasteiger partial charge in [0.2, 0.25) is 0 Å². The van der Waals surface area contributed by atoms with Crippen molar-refractivity contribution in [2.24, 2.45) is 5.92 Å². The summed E-state index contributed by atoms with van der Waals surface area (Å²) in [5.74, 6) is -1.67. The van der Waals surface area contributed by atoms with Crippen LogP contribution in [0.3, 0.4) is 0 Å². The molecule has 1 heterocycles. The van der Waals surface area contributed by atoms with Crippen LogP contribution in [-0.4, -0.2) is 66.9 Å². The highest BCUT2D eigenvalue weighted by atomic mass is 16.5. The number of carboxylic acid groups (broad SMARTS) is 1. The van der Waals surface area contributed by atoms with Crippen molar-refractivity contribution in [1.82, 2.24) is 10.2 Å². The Morgan fingerprint density at radius 1 is 1.09 bits per heavy atom. The van der Waals surface area contributed by atoms with Crippen LogP contribution in [0.15, 0.2) is 48.5 Å². The standard InChI is InChI=1S/C26H30N2O6/c1-2-12-28(15-23(29)30)25(31)24-17(11-13-33-24)14-27-26(32)34-16-22-20-9-5-3-7-18(20)19-8-4-6-10-21(19)22/h3-10,17,22,24H,2,11-16H2,1H3,(H,27,32)(H,29,30). The molecular formula is C26H30N2O6. The summed E-state index contributed by atoms with van der Waals surface area (Å²) in [4.78, 5) is 37.8. The van der Waals surface area contributed by atoms with Crippen molar-refractivity contribution in [3.63, 3.8) is 0 Å². The summed E-state index contributed by atoms with van der Waals surface area (Å²) in [7, 11) is 0. The Morgan fingerprint density at radius 2 is 1.74 bits per heavy atom. The van der Waals surface area contributed by atoms with Crippen molar-refractivity contribution < 1.29 is 29.0 Å². The highest BCUT2D eigenvalue weighted by Crippen LogP contribution is 2.44. The van der Waals surface area contributed by atoms with E-state index in [1.807, 2.05) is 31.2 Å². The third kappa shape index (κ3) is 5.07. The number of ether oxygens (including phenoxy) is 2. The second-order valence-corrected chi connectivity index (χ2v) is 8.70. The Balaban J connectivity index is 1.33. The summed E-state index contributed by atoms with van der Waals surface area (Å²) in [6.45, 7) is 2.69. The van der Waals surface area contributed by atoms with Crippen LogP contribution in [-0.2, 0) is 19.1 Å². The van der Waals surface area contributed by atoms with Gasteiger partial charge in [0.1, 0.15) is 19.3 Å². The fraction of sp³-hybridized carbons (Fsp3) is 0.423. The van der Waals surface area contributed by atoms with Crippen molar-refractivity contribution >= 4 is 18.0 Å². The zero-order valence-electron chi connectivity index (χ0n) is 19.2. The molecule has 0 bridgehead atoms. The second-order valence-electron chi connectivity index (χ2n) is 8.70. The van der Waals surface area contributed by atoms with Crippen LogP contribution >= 0.6 is 0 Å². The van der Waals surface area contributed by atoms with E-state index in [1.165, 1.54) is 4.90 Å². The molecule has 4 rings (SSSR count). The Kier molecular flexibility index (Phi) is 7.47. The molecule has 0 spiro atoms. The number of hydrogen-bond donors (Lipinski definition) is 2. The minimum Gasteiger partial charge on any atom is -0.480 e. The van der Waals surface area contributed by atoms with Gasteiger partial charge >= 0.3 is 12.1 Å². The smallest absolute Gasteiger partial charge is 0.407 e. The summed E-state index contributed by atoms with van der Waals surface area (Å²) >= 11 is 0. The van der Waals surface area contributed by atoms with Gasteiger partial charge in [0.05, 0.1) is 0 Å². The van der Waals surface area contributed by atoms with E-state index >= 15 is 0 Å². The minimum atomic E-state index is -1.06. The number of hydrogen-bond acceptors (Lipinski definition) is 5. The predicted octanol–water partition coefficient (Wildman–Crippen LogP) is 3.25. The maximum absolute atomic E-state index is 12.9. The third-order valence-electron chi connectivity index (χ3n) is 6.44. The Bertz CT molecular complexity index is 1010. The molecule has 0 aromatic heterocycles. The molecule has 8 heteroatoms. The summed E-state index contributed by atoms with van der Waals surface area (Å²) in [5, 5.41) is 11.9. The summed E-state index contributed by atoms with van der Waals surface area (Å²) in [6, 6.07) is 16.3. The van der Waals surface area contributed by atoms with Gasteiger partial charge in [-0.15, -0.1) is 0 Å². The Labute approximate surface area is 198 Å². The molecule has 2 N–H and O–H groups in total. The van der Waals surface area contributed by atoms with Gasteiger partial charge in [-0.25, -0.2) is 4.79 Å². The molecule has 2 aromatic carbocycles. The van der Waals surface area contributed by atoms with E-state index in [9.17, 15) is 14.4 Å². The molecule has 1 aliphatic heterocycles. The third-order valence-corrected chi connectivity index (χ3v) is 6.44. The van der Waals surface area contributed by atoms with Crippen molar-refractivity contribution in [3.8, 4) is 11.1 Å². The van der Waals surface area contributed by atoms with Crippen molar-refractivity contribution in [2.45, 2.75) is 31.8 Å². The molecule has 8 nitrogen and oxygen atoms in total. The number of rotatable bonds is 9. The van der Waals surface area contributed by atoms with Crippen molar-refractivity contribution in [3.05, 3.63) is 59.7 Å². The van der Waals surface area contributed by atoms with Gasteiger partial charge in [-0.1, -0.05) is 55.5 Å². The minimum absolute atomic E-state index is 0.0269. The van der Waals surface area contributed by atoms with E-state index in [2.05, 4.69) is 29.6 Å². The van der Waals surface area contributed by atoms with E-state index in [1.54, 1.807) is 0 Å². The number of benzene rings is 2. The second kappa shape index (κ2) is 10.7. The number of amides is 2. The van der Waals surface area contributed by atoms with Gasteiger partial charge in [-0.2, -0.15) is 0 Å². The summed E-state index contributed by atoms with van der Waals surface area (Å²) < 4.78 is 11.2. The van der Waals surface area contributed by atoms with Crippen molar-refractivity contribution in [1.29, 1.82) is 0 Å². The SMILES string of the molecule is CCCN(CC(=O)O)C(=O)C1OCCC1CNC(=O)OCC1c2ccccc2-c2ccccc21. The van der Waals surface area contributed by atoms with Crippen LogP contribution in [0.4, 0.5) is 4.79 Å². The van der Waals surface area contributed by atoms with Gasteiger partial charge in [0.15, 0.2) is 0 Å². The van der Waals surface area contributed by atoms with E-state index in [4.69, 9.17) is 14.6 Å². The van der Waals surface area contributed by atoms with E-state index < -0.39 is 18.2 Å². The van der Waals surface area contributed by atoms with E-state index in [0.717, 1.165) is 22.3 Å². The normalized spacial score (nSPS) is 18.7. The number of nitrogens with zero attached hydrogens (tertiary/aromatic N) is 1. The van der Waals surface area contributed by atoms with Crippen LogP contribution in [0.1, 0.15) is 36.8 Å². The molecule has 1 saturated heterocycles. The van der Waals surface area contributed by atoms with E-state index in [0.29, 0.717) is 26.0 Å². The first-order valence-electron chi connectivity index (χ1n) is 11.7. The summed E-state index contributed by atoms with van der Waals surface area (Å²) in [6.07, 6.45) is -0.0580. The molecule has 2 aliphatic rings. The molecule has 1 fully saturated rings. The molecule has 2 atom stereocenters. The van der Waals surface area contributed by atoms with Crippen LogP contribution in [0.2, 0.25) is 0 Å². The van der Waals surface area contributed by atoms with E-state index in [-0.39, 0.29) is 37.4 Å². The van der Waals surface area contributed by atoms with Gasteiger partial charge < -0.3 is 24.8 Å². The van der Waals surface area contributed by atoms with Gasteiger partial charge in [-0.3, -0.25) is 9.59 Å². The number of carbonyl (C=O) groups excluding carboxylic acids is 2. The lowest BCUT2D eigenvalue weighted by Crippen LogP contribution is -2.46. The molecule has 34 heavy (non-hydrogen) atoms. The quantitative estimate of drug-likeness (QED) is 0.588. The van der Waals surface area contributed by atoms with Gasteiger partial charge in [0.25, 0.3) is 5.91 Å². The molecule has 2 unspecified atom stereocenters. The molecule has 2 aromatic rings. The number of aliphatic carboxylic acids is 1.